The molecule has 0 aromatic carbocycles. The van der Waals surface area contributed by atoms with E-state index in [1.54, 1.807) is 25.1 Å². The molecule has 0 unspecified atom stereocenters. The lowest BCUT2D eigenvalue weighted by Crippen LogP contribution is -2.47. The van der Waals surface area contributed by atoms with Crippen LogP contribution in [0.1, 0.15) is 57.6 Å². The molecule has 1 amide bonds. The van der Waals surface area contributed by atoms with Gasteiger partial charge in [0.1, 0.15) is 11.6 Å². The second-order valence-electron chi connectivity index (χ2n) is 6.94. The standard InChI is InChI=1S/C18H32N6O3S/c1-6-23(7-2)28(26,27)24-11-9-8-10-16(24)18-20-15(12-17(19-4)21-18)13-22(5)14(3)25/h12,16H,6-11,13H2,1-5H3,(H,19,20,21)/t16-/m0/s1. The zero-order valence-electron chi connectivity index (χ0n) is 17.5. The lowest BCUT2D eigenvalue weighted by Gasteiger charge is -2.36. The summed E-state index contributed by atoms with van der Waals surface area (Å²) in [6.45, 7) is 6.83. The van der Waals surface area contributed by atoms with Crippen LogP contribution >= 0.6 is 0 Å². The van der Waals surface area contributed by atoms with E-state index in [9.17, 15) is 13.2 Å². The van der Waals surface area contributed by atoms with Crippen LogP contribution in [0.15, 0.2) is 6.07 Å². The number of carbonyl (C=O) groups is 1. The van der Waals surface area contributed by atoms with Crippen molar-refractivity contribution in [2.24, 2.45) is 0 Å². The summed E-state index contributed by atoms with van der Waals surface area (Å²) in [7, 11) is -0.120. The summed E-state index contributed by atoms with van der Waals surface area (Å²) < 4.78 is 29.3. The quantitative estimate of drug-likeness (QED) is 0.696. The van der Waals surface area contributed by atoms with Crippen molar-refractivity contribution in [1.29, 1.82) is 0 Å². The summed E-state index contributed by atoms with van der Waals surface area (Å²) in [6, 6.07) is 1.38. The second kappa shape index (κ2) is 9.62. The van der Waals surface area contributed by atoms with Crippen molar-refractivity contribution >= 4 is 21.9 Å². The molecule has 2 heterocycles. The number of rotatable bonds is 8. The number of nitrogens with one attached hydrogen (secondary N) is 1. The fraction of sp³-hybridized carbons (Fsp3) is 0.722. The van der Waals surface area contributed by atoms with E-state index in [4.69, 9.17) is 0 Å². The van der Waals surface area contributed by atoms with Crippen LogP contribution in [0.3, 0.4) is 0 Å². The third kappa shape index (κ3) is 4.98. The molecule has 1 fully saturated rings. The van der Waals surface area contributed by atoms with Crippen LogP contribution in [0.5, 0.6) is 0 Å². The first-order valence-electron chi connectivity index (χ1n) is 9.78. The summed E-state index contributed by atoms with van der Waals surface area (Å²) in [5.74, 6) is 1.03. The van der Waals surface area contributed by atoms with Crippen molar-refractivity contribution in [2.75, 3.05) is 39.0 Å². The summed E-state index contributed by atoms with van der Waals surface area (Å²) in [5.41, 5.74) is 0.679. The van der Waals surface area contributed by atoms with Gasteiger partial charge in [-0.3, -0.25) is 4.79 Å². The Kier molecular flexibility index (Phi) is 7.73. The first-order chi connectivity index (χ1) is 13.2. The number of nitrogens with zero attached hydrogens (tertiary/aromatic N) is 5. The van der Waals surface area contributed by atoms with Gasteiger partial charge in [0.25, 0.3) is 10.2 Å². The molecule has 1 aliphatic heterocycles. The third-order valence-corrected chi connectivity index (χ3v) is 7.27. The van der Waals surface area contributed by atoms with Gasteiger partial charge in [-0.1, -0.05) is 20.3 Å². The second-order valence-corrected chi connectivity index (χ2v) is 8.82. The van der Waals surface area contributed by atoms with Crippen molar-refractivity contribution in [3.05, 3.63) is 17.6 Å². The van der Waals surface area contributed by atoms with Gasteiger partial charge in [0.2, 0.25) is 5.91 Å². The number of aromatic nitrogens is 2. The van der Waals surface area contributed by atoms with Crippen LogP contribution in [0, 0.1) is 0 Å². The van der Waals surface area contributed by atoms with Gasteiger partial charge in [0, 0.05) is 46.7 Å². The number of piperidine rings is 1. The SMILES string of the molecule is CCN(CC)S(=O)(=O)N1CCCC[C@H]1c1nc(CN(C)C(C)=O)cc(NC)n1. The highest BCUT2D eigenvalue weighted by Gasteiger charge is 2.38. The first kappa shape index (κ1) is 22.5. The summed E-state index contributed by atoms with van der Waals surface area (Å²) in [6.07, 6.45) is 2.42. The molecular formula is C18H32N6O3S. The zero-order chi connectivity index (χ0) is 20.9. The van der Waals surface area contributed by atoms with E-state index < -0.39 is 16.3 Å². The first-order valence-corrected chi connectivity index (χ1v) is 11.2. The fourth-order valence-electron chi connectivity index (χ4n) is 3.37. The minimum Gasteiger partial charge on any atom is -0.373 e. The minimum absolute atomic E-state index is 0.0606. The van der Waals surface area contributed by atoms with Crippen molar-refractivity contribution in [2.45, 2.75) is 52.6 Å². The van der Waals surface area contributed by atoms with Gasteiger partial charge in [0.05, 0.1) is 18.3 Å². The van der Waals surface area contributed by atoms with E-state index in [1.165, 1.54) is 15.5 Å². The molecule has 158 valence electrons. The van der Waals surface area contributed by atoms with E-state index in [-0.39, 0.29) is 5.91 Å². The summed E-state index contributed by atoms with van der Waals surface area (Å²) in [4.78, 5) is 22.3. The van der Waals surface area contributed by atoms with Crippen molar-refractivity contribution < 1.29 is 13.2 Å². The maximum absolute atomic E-state index is 13.2. The van der Waals surface area contributed by atoms with Gasteiger partial charge in [-0.15, -0.1) is 0 Å². The maximum atomic E-state index is 13.2. The lowest BCUT2D eigenvalue weighted by atomic mass is 10.0. The topological polar surface area (TPSA) is 98.7 Å². The Morgan fingerprint density at radius 3 is 2.54 bits per heavy atom. The van der Waals surface area contributed by atoms with E-state index in [2.05, 4.69) is 15.3 Å². The molecule has 0 radical (unpaired) electrons. The number of anilines is 1. The molecule has 0 aliphatic carbocycles. The minimum atomic E-state index is -3.59. The Hall–Kier alpha value is -1.78. The molecule has 1 aliphatic rings. The Bertz CT molecular complexity index is 782. The molecule has 10 heteroatoms. The normalized spacial score (nSPS) is 18.3. The lowest BCUT2D eigenvalue weighted by molar-refractivity contribution is -0.128. The Morgan fingerprint density at radius 2 is 1.96 bits per heavy atom. The Morgan fingerprint density at radius 1 is 1.29 bits per heavy atom. The predicted molar refractivity (Wildman–Crippen MR) is 109 cm³/mol. The highest BCUT2D eigenvalue weighted by molar-refractivity contribution is 7.86. The van der Waals surface area contributed by atoms with E-state index in [0.29, 0.717) is 49.9 Å². The van der Waals surface area contributed by atoms with Crippen molar-refractivity contribution in [3.8, 4) is 0 Å². The predicted octanol–water partition coefficient (Wildman–Crippen LogP) is 1.61. The van der Waals surface area contributed by atoms with E-state index >= 15 is 0 Å². The molecule has 1 atom stereocenters. The van der Waals surface area contributed by atoms with E-state index in [0.717, 1.165) is 12.8 Å². The highest BCUT2D eigenvalue weighted by atomic mass is 32.2. The molecule has 0 bridgehead atoms. The molecule has 2 rings (SSSR count). The van der Waals surface area contributed by atoms with E-state index in [1.807, 2.05) is 13.8 Å². The molecule has 1 saturated heterocycles. The number of hydrogen-bond acceptors (Lipinski definition) is 6. The smallest absolute Gasteiger partial charge is 0.282 e. The third-order valence-electron chi connectivity index (χ3n) is 5.07. The van der Waals surface area contributed by atoms with Gasteiger partial charge < -0.3 is 10.2 Å². The van der Waals surface area contributed by atoms with Gasteiger partial charge in [-0.25, -0.2) is 9.97 Å². The number of hydrogen-bond donors (Lipinski definition) is 1. The van der Waals surface area contributed by atoms with Gasteiger partial charge in [0.15, 0.2) is 0 Å². The monoisotopic (exact) mass is 412 g/mol. The average Bonchev–Trinajstić information content (AvgIpc) is 2.68. The van der Waals surface area contributed by atoms with Gasteiger partial charge in [-0.2, -0.15) is 17.0 Å². The van der Waals surface area contributed by atoms with Crippen molar-refractivity contribution in [1.82, 2.24) is 23.5 Å². The van der Waals surface area contributed by atoms with Crippen LogP contribution < -0.4 is 5.32 Å². The molecule has 1 aromatic rings. The van der Waals surface area contributed by atoms with Crippen LogP contribution in [-0.2, 0) is 21.5 Å². The number of amides is 1. The Labute approximate surface area is 168 Å². The van der Waals surface area contributed by atoms with Crippen LogP contribution in [0.4, 0.5) is 5.82 Å². The maximum Gasteiger partial charge on any atom is 0.282 e. The van der Waals surface area contributed by atoms with Crippen molar-refractivity contribution in [3.63, 3.8) is 0 Å². The van der Waals surface area contributed by atoms with Crippen LogP contribution in [-0.4, -0.2) is 71.5 Å². The molecule has 0 saturated carbocycles. The van der Waals surface area contributed by atoms with Crippen LogP contribution in [0.2, 0.25) is 0 Å². The molecule has 9 nitrogen and oxygen atoms in total. The van der Waals surface area contributed by atoms with Crippen LogP contribution in [0.25, 0.3) is 0 Å². The molecule has 28 heavy (non-hydrogen) atoms. The molecular weight excluding hydrogens is 380 g/mol. The Balaban J connectivity index is 2.43. The highest BCUT2D eigenvalue weighted by Crippen LogP contribution is 2.33. The fourth-order valence-corrected chi connectivity index (χ4v) is 5.20. The van der Waals surface area contributed by atoms with Gasteiger partial charge in [-0.05, 0) is 12.8 Å². The largest absolute Gasteiger partial charge is 0.373 e. The average molecular weight is 413 g/mol. The molecule has 1 aromatic heterocycles. The zero-order valence-corrected chi connectivity index (χ0v) is 18.3. The summed E-state index contributed by atoms with van der Waals surface area (Å²) >= 11 is 0. The molecule has 0 spiro atoms. The summed E-state index contributed by atoms with van der Waals surface area (Å²) in [5, 5.41) is 3.02. The molecule has 1 N–H and O–H groups in total. The number of carbonyl (C=O) groups excluding carboxylic acids is 1. The van der Waals surface area contributed by atoms with Gasteiger partial charge >= 0.3 is 0 Å².